The minimum absolute atomic E-state index is 0.138. The zero-order valence-electron chi connectivity index (χ0n) is 18.5. The van der Waals surface area contributed by atoms with Gasteiger partial charge in [0.15, 0.2) is 0 Å². The van der Waals surface area contributed by atoms with E-state index in [0.29, 0.717) is 17.1 Å². The van der Waals surface area contributed by atoms with Gasteiger partial charge in [-0.3, -0.25) is 4.79 Å². The second-order valence-corrected chi connectivity index (χ2v) is 8.34. The Morgan fingerprint density at radius 1 is 0.882 bits per heavy atom. The van der Waals surface area contributed by atoms with Gasteiger partial charge in [-0.2, -0.15) is 0 Å². The number of carbonyl (C=O) groups is 1. The van der Waals surface area contributed by atoms with Gasteiger partial charge in [-0.1, -0.05) is 41.9 Å². The summed E-state index contributed by atoms with van der Waals surface area (Å²) in [6.07, 6.45) is 0. The van der Waals surface area contributed by atoms with Crippen LogP contribution < -0.4 is 15.4 Å². The first-order chi connectivity index (χ1) is 16.6. The number of fused-ring (bicyclic) bond motifs is 2. The van der Waals surface area contributed by atoms with Gasteiger partial charge >= 0.3 is 0 Å². The number of aromatic nitrogens is 1. The lowest BCUT2D eigenvalue weighted by Gasteiger charge is -2.15. The minimum atomic E-state index is -0.138. The van der Waals surface area contributed by atoms with Crippen molar-refractivity contribution in [3.63, 3.8) is 0 Å². The number of pyridine rings is 1. The molecule has 0 saturated heterocycles. The summed E-state index contributed by atoms with van der Waals surface area (Å²) in [5.74, 6) is 0.625. The highest BCUT2D eigenvalue weighted by Crippen LogP contribution is 2.34. The number of methoxy groups -OCH3 is 1. The second kappa shape index (κ2) is 9.41. The van der Waals surface area contributed by atoms with Crippen LogP contribution in [0.3, 0.4) is 0 Å². The molecule has 0 atom stereocenters. The number of halogens is 1. The van der Waals surface area contributed by atoms with Gasteiger partial charge in [0.05, 0.1) is 23.8 Å². The summed E-state index contributed by atoms with van der Waals surface area (Å²) in [6.45, 7) is 0.578. The summed E-state index contributed by atoms with van der Waals surface area (Å²) in [4.78, 5) is 17.3. The molecule has 2 N–H and O–H groups in total. The lowest BCUT2D eigenvalue weighted by atomic mass is 10.1. The maximum absolute atomic E-state index is 12.5. The van der Waals surface area contributed by atoms with Crippen molar-refractivity contribution in [1.82, 2.24) is 4.98 Å². The fraction of sp³-hybridized carbons (Fsp3) is 0.0714. The van der Waals surface area contributed by atoms with Crippen molar-refractivity contribution in [3.8, 4) is 5.75 Å². The first kappa shape index (κ1) is 21.7. The zero-order valence-corrected chi connectivity index (χ0v) is 19.3. The molecule has 0 spiro atoms. The number of amides is 1. The highest BCUT2D eigenvalue weighted by Gasteiger charge is 2.12. The molecule has 0 aliphatic heterocycles. The van der Waals surface area contributed by atoms with Crippen LogP contribution >= 0.6 is 11.6 Å². The van der Waals surface area contributed by atoms with Gasteiger partial charge in [-0.15, -0.1) is 0 Å². The van der Waals surface area contributed by atoms with Gasteiger partial charge in [-0.05, 0) is 66.2 Å². The predicted molar refractivity (Wildman–Crippen MR) is 139 cm³/mol. The summed E-state index contributed by atoms with van der Waals surface area (Å²) in [7, 11) is 1.65. The number of rotatable bonds is 6. The number of carbonyl (C=O) groups excluding carboxylic acids is 1. The standard InChI is InChI=1S/C28H22ClN3O2/c1-34-22-12-14-25-24(16-22)27(23-13-11-20(29)15-26(23)32-25)30-17-18-7-9-19(10-8-18)28(33)31-21-5-3-2-4-6-21/h2-16H,17H2,1H3,(H,30,32)(H,31,33). The minimum Gasteiger partial charge on any atom is -0.497 e. The van der Waals surface area contributed by atoms with Gasteiger partial charge in [-0.25, -0.2) is 4.98 Å². The van der Waals surface area contributed by atoms with Crippen LogP contribution in [0.4, 0.5) is 11.4 Å². The quantitative estimate of drug-likeness (QED) is 0.266. The van der Waals surface area contributed by atoms with Gasteiger partial charge in [0, 0.05) is 33.6 Å². The Kier molecular flexibility index (Phi) is 6.02. The van der Waals surface area contributed by atoms with E-state index in [9.17, 15) is 4.79 Å². The molecule has 168 valence electrons. The Labute approximate surface area is 202 Å². The summed E-state index contributed by atoms with van der Waals surface area (Å²) < 4.78 is 5.43. The molecule has 0 bridgehead atoms. The second-order valence-electron chi connectivity index (χ2n) is 7.90. The maximum Gasteiger partial charge on any atom is 0.255 e. The topological polar surface area (TPSA) is 63.2 Å². The van der Waals surface area contributed by atoms with Crippen molar-refractivity contribution >= 4 is 50.7 Å². The summed E-state index contributed by atoms with van der Waals surface area (Å²) >= 11 is 6.22. The van der Waals surface area contributed by atoms with Crippen molar-refractivity contribution in [2.45, 2.75) is 6.54 Å². The molecule has 0 aliphatic rings. The Morgan fingerprint density at radius 3 is 2.44 bits per heavy atom. The summed E-state index contributed by atoms with van der Waals surface area (Å²) in [5.41, 5.74) is 5.05. The molecule has 5 nitrogen and oxygen atoms in total. The normalized spacial score (nSPS) is 10.9. The molecular weight excluding hydrogens is 446 g/mol. The summed E-state index contributed by atoms with van der Waals surface area (Å²) in [6, 6.07) is 28.5. The first-order valence-electron chi connectivity index (χ1n) is 10.9. The average molecular weight is 468 g/mol. The number of nitrogens with zero attached hydrogens (tertiary/aromatic N) is 1. The van der Waals surface area contributed by atoms with Crippen LogP contribution in [0.25, 0.3) is 21.8 Å². The van der Waals surface area contributed by atoms with Crippen LogP contribution in [0.5, 0.6) is 5.75 Å². The highest BCUT2D eigenvalue weighted by atomic mass is 35.5. The van der Waals surface area contributed by atoms with E-state index in [1.807, 2.05) is 91.0 Å². The lowest BCUT2D eigenvalue weighted by Crippen LogP contribution is -2.11. The number of ether oxygens (including phenoxy) is 1. The van der Waals surface area contributed by atoms with Gasteiger partial charge in [0.25, 0.3) is 5.91 Å². The molecule has 1 amide bonds. The Morgan fingerprint density at radius 2 is 1.68 bits per heavy atom. The fourth-order valence-corrected chi connectivity index (χ4v) is 4.07. The number of hydrogen-bond acceptors (Lipinski definition) is 4. The van der Waals surface area contributed by atoms with E-state index in [4.69, 9.17) is 21.3 Å². The van der Waals surface area contributed by atoms with Crippen molar-refractivity contribution in [1.29, 1.82) is 0 Å². The molecule has 1 heterocycles. The van der Waals surface area contributed by atoms with Crippen LogP contribution in [0, 0.1) is 0 Å². The van der Waals surface area contributed by atoms with E-state index < -0.39 is 0 Å². The highest BCUT2D eigenvalue weighted by molar-refractivity contribution is 6.31. The van der Waals surface area contributed by atoms with Crippen LogP contribution in [0.2, 0.25) is 5.02 Å². The van der Waals surface area contributed by atoms with Gasteiger partial charge in [0.2, 0.25) is 0 Å². The van der Waals surface area contributed by atoms with Crippen molar-refractivity contribution in [3.05, 3.63) is 107 Å². The van der Waals surface area contributed by atoms with Gasteiger partial charge in [0.1, 0.15) is 5.75 Å². The predicted octanol–water partition coefficient (Wildman–Crippen LogP) is 6.91. The molecule has 0 aliphatic carbocycles. The first-order valence-corrected chi connectivity index (χ1v) is 11.2. The average Bonchev–Trinajstić information content (AvgIpc) is 2.87. The third-order valence-corrected chi connectivity index (χ3v) is 5.90. The third-order valence-electron chi connectivity index (χ3n) is 5.66. The lowest BCUT2D eigenvalue weighted by molar-refractivity contribution is 0.102. The Hall–Kier alpha value is -4.09. The van der Waals surface area contributed by atoms with Crippen LogP contribution in [0.1, 0.15) is 15.9 Å². The Balaban J connectivity index is 1.41. The number of para-hydroxylation sites is 1. The Bertz CT molecular complexity index is 1490. The van der Waals surface area contributed by atoms with E-state index in [1.54, 1.807) is 7.11 Å². The zero-order chi connectivity index (χ0) is 23.5. The summed E-state index contributed by atoms with van der Waals surface area (Å²) in [5, 5.41) is 9.06. The monoisotopic (exact) mass is 467 g/mol. The molecule has 0 saturated carbocycles. The molecule has 4 aromatic carbocycles. The van der Waals surface area contributed by atoms with Crippen molar-refractivity contribution < 1.29 is 9.53 Å². The van der Waals surface area contributed by atoms with E-state index in [-0.39, 0.29) is 5.91 Å². The van der Waals surface area contributed by atoms with Crippen LogP contribution in [-0.2, 0) is 6.54 Å². The smallest absolute Gasteiger partial charge is 0.255 e. The van der Waals surface area contributed by atoms with E-state index in [2.05, 4.69) is 10.6 Å². The molecule has 0 fully saturated rings. The van der Waals surface area contributed by atoms with Crippen LogP contribution in [0.15, 0.2) is 91.0 Å². The van der Waals surface area contributed by atoms with E-state index in [1.165, 1.54) is 0 Å². The van der Waals surface area contributed by atoms with E-state index in [0.717, 1.165) is 44.5 Å². The number of benzene rings is 4. The largest absolute Gasteiger partial charge is 0.497 e. The maximum atomic E-state index is 12.5. The molecule has 0 radical (unpaired) electrons. The molecule has 1 aromatic heterocycles. The third kappa shape index (κ3) is 4.51. The molecule has 0 unspecified atom stereocenters. The molecular formula is C28H22ClN3O2. The van der Waals surface area contributed by atoms with Crippen molar-refractivity contribution in [2.75, 3.05) is 17.7 Å². The number of hydrogen-bond donors (Lipinski definition) is 2. The SMILES string of the molecule is COc1ccc2nc3cc(Cl)ccc3c(NCc3ccc(C(=O)Nc4ccccc4)cc3)c2c1. The van der Waals surface area contributed by atoms with Crippen LogP contribution in [-0.4, -0.2) is 18.0 Å². The molecule has 34 heavy (non-hydrogen) atoms. The molecule has 6 heteroatoms. The number of nitrogens with one attached hydrogen (secondary N) is 2. The number of anilines is 2. The molecule has 5 aromatic rings. The van der Waals surface area contributed by atoms with E-state index >= 15 is 0 Å². The van der Waals surface area contributed by atoms with Crippen molar-refractivity contribution in [2.24, 2.45) is 0 Å². The fourth-order valence-electron chi connectivity index (χ4n) is 3.90. The van der Waals surface area contributed by atoms with Gasteiger partial charge < -0.3 is 15.4 Å². The molecule has 5 rings (SSSR count).